The van der Waals surface area contributed by atoms with Crippen molar-refractivity contribution in [1.29, 1.82) is 0 Å². The van der Waals surface area contributed by atoms with Crippen molar-refractivity contribution in [3.63, 3.8) is 0 Å². The fourth-order valence-corrected chi connectivity index (χ4v) is 3.24. The Kier molecular flexibility index (Phi) is 6.94. The number of hydrogen-bond acceptors (Lipinski definition) is 4. The number of aromatic nitrogens is 5. The van der Waals surface area contributed by atoms with Crippen LogP contribution in [-0.2, 0) is 31.9 Å². The van der Waals surface area contributed by atoms with Gasteiger partial charge in [-0.25, -0.2) is 5.10 Å². The molecule has 5 nitrogen and oxygen atoms in total. The molecule has 0 aliphatic carbocycles. The molecule has 33 heavy (non-hydrogen) atoms. The summed E-state index contributed by atoms with van der Waals surface area (Å²) in [5.41, 5.74) is 1.14. The number of halogens is 2. The number of rotatable bonds is 4. The maximum atomic E-state index is 14.3. The summed E-state index contributed by atoms with van der Waals surface area (Å²) in [7, 11) is 0. The zero-order valence-corrected chi connectivity index (χ0v) is 21.2. The molecule has 0 radical (unpaired) electrons. The first-order chi connectivity index (χ1) is 15.1. The summed E-state index contributed by atoms with van der Waals surface area (Å²) >= 11 is 0. The quantitative estimate of drug-likeness (QED) is 0.292. The van der Waals surface area contributed by atoms with Crippen molar-refractivity contribution in [3.8, 4) is 17.1 Å². The van der Waals surface area contributed by atoms with E-state index in [9.17, 15) is 8.78 Å². The minimum atomic E-state index is -0.705. The Morgan fingerprint density at radius 3 is 2.21 bits per heavy atom. The average molecular weight is 627 g/mol. The molecule has 4 aromatic rings. The summed E-state index contributed by atoms with van der Waals surface area (Å²) in [6.07, 6.45) is 2.89. The molecule has 0 fully saturated rings. The van der Waals surface area contributed by atoms with Crippen molar-refractivity contribution < 1.29 is 29.8 Å². The van der Waals surface area contributed by atoms with Gasteiger partial charge in [0, 0.05) is 34.8 Å². The Morgan fingerprint density at radius 1 is 0.909 bits per heavy atom. The second-order valence-corrected chi connectivity index (χ2v) is 9.15. The Hall–Kier alpha value is -2.79. The van der Waals surface area contributed by atoms with Gasteiger partial charge in [0.1, 0.15) is 0 Å². The molecule has 0 amide bonds. The van der Waals surface area contributed by atoms with Gasteiger partial charge in [-0.15, -0.1) is 12.1 Å². The summed E-state index contributed by atoms with van der Waals surface area (Å²) in [4.78, 5) is 13.7. The van der Waals surface area contributed by atoms with E-state index < -0.39 is 17.0 Å². The summed E-state index contributed by atoms with van der Waals surface area (Å²) in [6.45, 7) is 10.1. The Labute approximate surface area is 206 Å². The molecule has 0 saturated heterocycles. The summed E-state index contributed by atoms with van der Waals surface area (Å²) < 4.78 is 29.1. The summed E-state index contributed by atoms with van der Waals surface area (Å²) in [5, 5.41) is 4.51. The van der Waals surface area contributed by atoms with Crippen molar-refractivity contribution in [2.24, 2.45) is 0 Å². The topological polar surface area (TPSA) is 56.5 Å². The van der Waals surface area contributed by atoms with Crippen LogP contribution in [0.3, 0.4) is 0 Å². The predicted octanol–water partition coefficient (Wildman–Crippen LogP) is 5.22. The first-order valence-corrected chi connectivity index (χ1v) is 10.2. The normalized spacial score (nSPS) is 11.8. The van der Waals surface area contributed by atoms with Gasteiger partial charge in [-0.3, -0.25) is 13.8 Å². The Morgan fingerprint density at radius 2 is 1.58 bits per heavy atom. The minimum Gasteiger partial charge on any atom is -0.349 e. The molecule has 0 aliphatic rings. The van der Waals surface area contributed by atoms with Crippen molar-refractivity contribution in [2.75, 3.05) is 0 Å². The fourth-order valence-electron chi connectivity index (χ4n) is 3.24. The van der Waals surface area contributed by atoms with E-state index in [1.165, 1.54) is 4.68 Å². The zero-order valence-electron chi connectivity index (χ0n) is 18.9. The van der Waals surface area contributed by atoms with Gasteiger partial charge in [0.05, 0.1) is 11.6 Å². The van der Waals surface area contributed by atoms with Gasteiger partial charge in [0.15, 0.2) is 0 Å². The molecule has 0 N–H and O–H groups in total. The van der Waals surface area contributed by atoms with Crippen molar-refractivity contribution in [1.82, 2.24) is 24.7 Å². The van der Waals surface area contributed by atoms with E-state index in [0.717, 1.165) is 17.8 Å². The smallest absolute Gasteiger partial charge is 0.349 e. The molecule has 0 spiro atoms. The third-order valence-corrected chi connectivity index (χ3v) is 5.21. The fraction of sp³-hybridized carbons (Fsp3) is 0.280. The van der Waals surface area contributed by atoms with Crippen LogP contribution in [0.2, 0.25) is 0 Å². The molecule has 4 rings (SSSR count). The number of pyridine rings is 2. The van der Waals surface area contributed by atoms with E-state index in [1.807, 2.05) is 58.9 Å². The van der Waals surface area contributed by atoms with Crippen LogP contribution in [-0.4, -0.2) is 24.7 Å². The maximum absolute atomic E-state index is 14.3. The monoisotopic (exact) mass is 626 g/mol. The third kappa shape index (κ3) is 5.09. The van der Waals surface area contributed by atoms with Crippen molar-refractivity contribution in [2.45, 2.75) is 45.4 Å². The van der Waals surface area contributed by atoms with Gasteiger partial charge < -0.3 is 14.6 Å². The van der Waals surface area contributed by atoms with E-state index in [1.54, 1.807) is 12.1 Å². The molecule has 3 aromatic heterocycles. The van der Waals surface area contributed by atoms with E-state index in [2.05, 4.69) is 27.5 Å². The van der Waals surface area contributed by atoms with Crippen LogP contribution in [0.5, 0.6) is 0 Å². The molecule has 172 valence electrons. The minimum absolute atomic E-state index is 0. The van der Waals surface area contributed by atoms with Crippen LogP contribution in [0.1, 0.15) is 51.8 Å². The van der Waals surface area contributed by atoms with Gasteiger partial charge in [-0.05, 0) is 37.1 Å². The average Bonchev–Trinajstić information content (AvgIpc) is 3.25. The first kappa shape index (κ1) is 24.8. The van der Waals surface area contributed by atoms with Crippen LogP contribution in [0.25, 0.3) is 17.1 Å². The molecule has 8 heteroatoms. The number of benzene rings is 1. The Bertz CT molecular complexity index is 1280. The molecule has 0 unspecified atom stereocenters. The third-order valence-electron chi connectivity index (χ3n) is 5.21. The second-order valence-electron chi connectivity index (χ2n) is 9.15. The molecule has 1 aromatic carbocycles. The van der Waals surface area contributed by atoms with Gasteiger partial charge in [0.2, 0.25) is 0 Å². The molecular formula is C25H23F2N5Pt. The second kappa shape index (κ2) is 9.22. The number of nitrogens with zero attached hydrogens (tertiary/aromatic N) is 5. The summed E-state index contributed by atoms with van der Waals surface area (Å²) in [6, 6.07) is 15.5. The van der Waals surface area contributed by atoms with Crippen LogP contribution < -0.4 is 0 Å². The predicted molar refractivity (Wildman–Crippen MR) is 117 cm³/mol. The van der Waals surface area contributed by atoms with Gasteiger partial charge >= 0.3 is 21.1 Å². The molecular weight excluding hydrogens is 603 g/mol. The van der Waals surface area contributed by atoms with Crippen LogP contribution in [0.4, 0.5) is 8.78 Å². The van der Waals surface area contributed by atoms with E-state index in [4.69, 9.17) is 4.98 Å². The van der Waals surface area contributed by atoms with E-state index in [0.29, 0.717) is 23.0 Å². The van der Waals surface area contributed by atoms with Crippen LogP contribution >= 0.6 is 0 Å². The van der Waals surface area contributed by atoms with Crippen molar-refractivity contribution in [3.05, 3.63) is 89.8 Å². The first-order valence-electron chi connectivity index (χ1n) is 10.2. The number of hydrogen-bond donors (Lipinski definition) is 0. The molecule has 0 atom stereocenters. The van der Waals surface area contributed by atoms with E-state index in [-0.39, 0.29) is 32.0 Å². The largest absolute Gasteiger partial charge is 2.00 e. The van der Waals surface area contributed by atoms with Gasteiger partial charge in [-0.2, -0.15) is 0 Å². The van der Waals surface area contributed by atoms with Gasteiger partial charge in [-0.1, -0.05) is 56.7 Å². The van der Waals surface area contributed by atoms with Crippen LogP contribution in [0, 0.1) is 24.0 Å². The van der Waals surface area contributed by atoms with Gasteiger partial charge in [0.25, 0.3) is 0 Å². The Balaban J connectivity index is 0.00000306. The molecule has 3 heterocycles. The molecule has 0 saturated carbocycles. The summed E-state index contributed by atoms with van der Waals surface area (Å²) in [5.74, 6) is -0.115. The standard InChI is InChI=1S/C25H23F2N5.Pt/c1-24(2,3)23-28-15-32(31-23)22-11-7-10-21(30-22)25(4,5)20-9-6-8-19(29-20)17-13-12-16(26)14-18(17)27;/h6-12,14H,1-5H3;/q-2;+2. The van der Waals surface area contributed by atoms with E-state index >= 15 is 0 Å². The van der Waals surface area contributed by atoms with Crippen molar-refractivity contribution >= 4 is 0 Å². The maximum Gasteiger partial charge on any atom is 2.00 e. The molecule has 0 bridgehead atoms. The molecule has 0 aliphatic heterocycles. The van der Waals surface area contributed by atoms with Crippen LogP contribution in [0.15, 0.2) is 48.5 Å². The zero-order chi connectivity index (χ0) is 23.1. The SMILES string of the molecule is CC(C)(C)c1n[c-]n(-c2cccc(C(C)(C)c3cccc(-c4[c-]cc(F)cc4F)n3)n2)n1.[Pt+2].